The molecule has 5 nitrogen and oxygen atoms in total. The molecule has 3 rings (SSSR count). The SMILES string of the molecule is O=c1[nH]cnc2cc(O)c3c(c12)OCCC3. The van der Waals surface area contributed by atoms with Crippen LogP contribution in [0, 0.1) is 0 Å². The number of aromatic nitrogens is 2. The van der Waals surface area contributed by atoms with Gasteiger partial charge in [-0.1, -0.05) is 0 Å². The third-order valence-electron chi connectivity index (χ3n) is 2.78. The molecule has 0 fully saturated rings. The number of phenolic OH excluding ortho intramolecular Hbond substituents is 1. The van der Waals surface area contributed by atoms with Crippen LogP contribution in [0.5, 0.6) is 11.5 Å². The zero-order valence-electron chi connectivity index (χ0n) is 8.49. The minimum atomic E-state index is -0.233. The van der Waals surface area contributed by atoms with Gasteiger partial charge in [-0.2, -0.15) is 0 Å². The van der Waals surface area contributed by atoms with Gasteiger partial charge in [0, 0.05) is 11.6 Å². The first kappa shape index (κ1) is 9.21. The van der Waals surface area contributed by atoms with Crippen molar-refractivity contribution in [3.63, 3.8) is 0 Å². The van der Waals surface area contributed by atoms with Crippen LogP contribution in [-0.4, -0.2) is 21.7 Å². The quantitative estimate of drug-likeness (QED) is 0.690. The largest absolute Gasteiger partial charge is 0.507 e. The van der Waals surface area contributed by atoms with Crippen molar-refractivity contribution in [2.45, 2.75) is 12.8 Å². The van der Waals surface area contributed by atoms with Crippen molar-refractivity contribution < 1.29 is 9.84 Å². The second-order valence-electron chi connectivity index (χ2n) is 3.78. The van der Waals surface area contributed by atoms with Crippen molar-refractivity contribution in [1.29, 1.82) is 0 Å². The number of aromatic hydroxyl groups is 1. The Morgan fingerprint density at radius 1 is 1.50 bits per heavy atom. The van der Waals surface area contributed by atoms with Gasteiger partial charge in [0.05, 0.1) is 18.5 Å². The summed E-state index contributed by atoms with van der Waals surface area (Å²) in [7, 11) is 0. The van der Waals surface area contributed by atoms with Crippen LogP contribution < -0.4 is 10.3 Å². The molecule has 82 valence electrons. The first-order chi connectivity index (χ1) is 7.77. The smallest absolute Gasteiger partial charge is 0.262 e. The summed E-state index contributed by atoms with van der Waals surface area (Å²) in [6.07, 6.45) is 2.90. The van der Waals surface area contributed by atoms with Crippen LogP contribution in [0.3, 0.4) is 0 Å². The minimum absolute atomic E-state index is 0.153. The molecule has 1 aromatic carbocycles. The second kappa shape index (κ2) is 3.23. The number of fused-ring (bicyclic) bond motifs is 3. The molecule has 0 spiro atoms. The maximum Gasteiger partial charge on any atom is 0.262 e. The molecule has 16 heavy (non-hydrogen) atoms. The molecular formula is C11H10N2O3. The third kappa shape index (κ3) is 1.18. The molecule has 0 unspecified atom stereocenters. The number of hydrogen-bond acceptors (Lipinski definition) is 4. The summed E-state index contributed by atoms with van der Waals surface area (Å²) in [6.45, 7) is 0.569. The highest BCUT2D eigenvalue weighted by atomic mass is 16.5. The maximum absolute atomic E-state index is 11.7. The average molecular weight is 218 g/mol. The molecule has 0 saturated heterocycles. The fraction of sp³-hybridized carbons (Fsp3) is 0.273. The number of rotatable bonds is 0. The van der Waals surface area contributed by atoms with Crippen molar-refractivity contribution in [2.24, 2.45) is 0 Å². The molecule has 0 radical (unpaired) electrons. The monoisotopic (exact) mass is 218 g/mol. The molecule has 2 heterocycles. The second-order valence-corrected chi connectivity index (χ2v) is 3.78. The normalized spacial score (nSPS) is 14.5. The van der Waals surface area contributed by atoms with E-state index in [2.05, 4.69) is 9.97 Å². The van der Waals surface area contributed by atoms with Gasteiger partial charge in [0.1, 0.15) is 16.9 Å². The van der Waals surface area contributed by atoms with E-state index in [1.807, 2.05) is 0 Å². The van der Waals surface area contributed by atoms with Crippen LogP contribution in [0.2, 0.25) is 0 Å². The molecule has 2 N–H and O–H groups in total. The first-order valence-corrected chi connectivity index (χ1v) is 5.12. The third-order valence-corrected chi connectivity index (χ3v) is 2.78. The van der Waals surface area contributed by atoms with E-state index >= 15 is 0 Å². The predicted octanol–water partition coefficient (Wildman–Crippen LogP) is 0.954. The van der Waals surface area contributed by atoms with Crippen molar-refractivity contribution >= 4 is 10.9 Å². The summed E-state index contributed by atoms with van der Waals surface area (Å²) < 4.78 is 5.48. The number of hydrogen-bond donors (Lipinski definition) is 2. The highest BCUT2D eigenvalue weighted by molar-refractivity contribution is 5.87. The van der Waals surface area contributed by atoms with E-state index < -0.39 is 0 Å². The lowest BCUT2D eigenvalue weighted by Gasteiger charge is -2.19. The lowest BCUT2D eigenvalue weighted by molar-refractivity contribution is 0.287. The molecule has 0 atom stereocenters. The topological polar surface area (TPSA) is 75.2 Å². The summed E-state index contributed by atoms with van der Waals surface area (Å²) in [5.74, 6) is 0.635. The Balaban J connectivity index is 2.48. The Labute approximate surface area is 90.7 Å². The van der Waals surface area contributed by atoms with Gasteiger partial charge in [-0.25, -0.2) is 4.98 Å². The molecule has 0 bridgehead atoms. The van der Waals surface area contributed by atoms with Gasteiger partial charge in [0.25, 0.3) is 5.56 Å². The summed E-state index contributed by atoms with van der Waals surface area (Å²) in [5.41, 5.74) is 0.933. The Kier molecular flexibility index (Phi) is 1.86. The molecule has 0 aliphatic carbocycles. The number of nitrogens with one attached hydrogen (secondary N) is 1. The van der Waals surface area contributed by atoms with E-state index in [1.165, 1.54) is 12.4 Å². The minimum Gasteiger partial charge on any atom is -0.507 e. The number of aromatic amines is 1. The number of H-pyrrole nitrogens is 1. The predicted molar refractivity (Wildman–Crippen MR) is 57.8 cm³/mol. The van der Waals surface area contributed by atoms with E-state index in [-0.39, 0.29) is 11.3 Å². The highest BCUT2D eigenvalue weighted by Gasteiger charge is 2.20. The van der Waals surface area contributed by atoms with E-state index in [4.69, 9.17) is 4.74 Å². The van der Waals surface area contributed by atoms with Gasteiger partial charge in [-0.05, 0) is 12.8 Å². The molecule has 1 aliphatic heterocycles. The fourth-order valence-electron chi connectivity index (χ4n) is 2.05. The van der Waals surface area contributed by atoms with E-state index in [1.54, 1.807) is 0 Å². The van der Waals surface area contributed by atoms with Crippen LogP contribution in [0.4, 0.5) is 0 Å². The van der Waals surface area contributed by atoms with E-state index in [0.29, 0.717) is 28.8 Å². The lowest BCUT2D eigenvalue weighted by atomic mass is 10.0. The summed E-state index contributed by atoms with van der Waals surface area (Å²) >= 11 is 0. The van der Waals surface area contributed by atoms with Gasteiger partial charge in [0.2, 0.25) is 0 Å². The van der Waals surface area contributed by atoms with Gasteiger partial charge in [-0.3, -0.25) is 4.79 Å². The van der Waals surface area contributed by atoms with Crippen molar-refractivity contribution in [3.8, 4) is 11.5 Å². The Bertz CT molecular complexity index is 618. The highest BCUT2D eigenvalue weighted by Crippen LogP contribution is 2.36. The summed E-state index contributed by atoms with van der Waals surface area (Å²) in [6, 6.07) is 1.51. The van der Waals surface area contributed by atoms with Crippen LogP contribution in [0.1, 0.15) is 12.0 Å². The Hall–Kier alpha value is -2.04. The van der Waals surface area contributed by atoms with Crippen molar-refractivity contribution in [2.75, 3.05) is 6.61 Å². The Morgan fingerprint density at radius 2 is 2.38 bits per heavy atom. The summed E-state index contributed by atoms with van der Waals surface area (Å²) in [5, 5.41) is 10.2. The number of nitrogens with zero attached hydrogens (tertiary/aromatic N) is 1. The molecule has 0 saturated carbocycles. The zero-order chi connectivity index (χ0) is 11.1. The molecule has 5 heteroatoms. The van der Waals surface area contributed by atoms with Gasteiger partial charge < -0.3 is 14.8 Å². The van der Waals surface area contributed by atoms with Crippen LogP contribution in [-0.2, 0) is 6.42 Å². The molecule has 1 aromatic heterocycles. The van der Waals surface area contributed by atoms with E-state index in [0.717, 1.165) is 12.8 Å². The van der Waals surface area contributed by atoms with Gasteiger partial charge in [0.15, 0.2) is 0 Å². The van der Waals surface area contributed by atoms with Crippen LogP contribution in [0.15, 0.2) is 17.2 Å². The summed E-state index contributed by atoms with van der Waals surface area (Å²) in [4.78, 5) is 18.2. The molecule has 0 amide bonds. The molecular weight excluding hydrogens is 208 g/mol. The fourth-order valence-corrected chi connectivity index (χ4v) is 2.05. The van der Waals surface area contributed by atoms with Crippen LogP contribution >= 0.6 is 0 Å². The maximum atomic E-state index is 11.7. The van der Waals surface area contributed by atoms with Crippen molar-refractivity contribution in [1.82, 2.24) is 9.97 Å². The van der Waals surface area contributed by atoms with Gasteiger partial charge in [-0.15, -0.1) is 0 Å². The zero-order valence-corrected chi connectivity index (χ0v) is 8.49. The van der Waals surface area contributed by atoms with E-state index in [9.17, 15) is 9.90 Å². The molecule has 2 aromatic rings. The number of ether oxygens (including phenoxy) is 1. The number of phenols is 1. The van der Waals surface area contributed by atoms with Crippen LogP contribution in [0.25, 0.3) is 10.9 Å². The van der Waals surface area contributed by atoms with Gasteiger partial charge >= 0.3 is 0 Å². The molecule has 1 aliphatic rings. The lowest BCUT2D eigenvalue weighted by Crippen LogP contribution is -2.14. The number of benzene rings is 1. The van der Waals surface area contributed by atoms with Crippen molar-refractivity contribution in [3.05, 3.63) is 28.3 Å². The average Bonchev–Trinajstić information content (AvgIpc) is 2.29. The Morgan fingerprint density at radius 3 is 3.25 bits per heavy atom. The standard InChI is InChI=1S/C11H10N2O3/c14-8-4-7-9(11(15)13-5-12-7)10-6(8)2-1-3-16-10/h4-5,14H,1-3H2,(H,12,13,15). The first-order valence-electron chi connectivity index (χ1n) is 5.12.